The van der Waals surface area contributed by atoms with E-state index < -0.39 is 15.8 Å². The van der Waals surface area contributed by atoms with Crippen molar-refractivity contribution in [3.05, 3.63) is 35.7 Å². The van der Waals surface area contributed by atoms with Gasteiger partial charge in [0.25, 0.3) is 0 Å². The number of sulfonamides is 1. The lowest BCUT2D eigenvalue weighted by atomic mass is 10.1. The number of nitrogens with two attached hydrogens (primary N) is 1. The summed E-state index contributed by atoms with van der Waals surface area (Å²) in [6.45, 7) is 1.04. The lowest BCUT2D eigenvalue weighted by molar-refractivity contribution is 0.219. The first-order valence-corrected chi connectivity index (χ1v) is 7.61. The average molecular weight is 300 g/mol. The van der Waals surface area contributed by atoms with Crippen molar-refractivity contribution in [3.8, 4) is 0 Å². The molecule has 1 aliphatic rings. The first-order valence-electron chi connectivity index (χ1n) is 6.17. The molecule has 0 aromatic heterocycles. The number of methoxy groups -OCH3 is 1. The summed E-state index contributed by atoms with van der Waals surface area (Å²) < 4.78 is 44.8. The van der Waals surface area contributed by atoms with E-state index in [0.29, 0.717) is 19.6 Å². The highest BCUT2D eigenvalue weighted by molar-refractivity contribution is 7.89. The SMILES string of the molecule is COCC1=CCN(S(=O)(=O)c2ccc(N)cc2F)CC1. The van der Waals surface area contributed by atoms with Crippen LogP contribution in [0, 0.1) is 5.82 Å². The molecule has 2 N–H and O–H groups in total. The second-order valence-corrected chi connectivity index (χ2v) is 6.50. The fourth-order valence-electron chi connectivity index (χ4n) is 2.09. The van der Waals surface area contributed by atoms with Gasteiger partial charge in [0, 0.05) is 25.9 Å². The summed E-state index contributed by atoms with van der Waals surface area (Å²) in [6, 6.07) is 3.60. The van der Waals surface area contributed by atoms with E-state index in [-0.39, 0.29) is 17.1 Å². The summed E-state index contributed by atoms with van der Waals surface area (Å²) in [7, 11) is -2.24. The highest BCUT2D eigenvalue weighted by Gasteiger charge is 2.28. The molecule has 20 heavy (non-hydrogen) atoms. The standard InChI is InChI=1S/C13H17FN2O3S/c1-19-9-10-4-6-16(7-5-10)20(17,18)13-3-2-11(15)8-12(13)14/h2-4,8H,5-7,9,15H2,1H3. The second-order valence-electron chi connectivity index (χ2n) is 4.60. The predicted molar refractivity (Wildman–Crippen MR) is 74.1 cm³/mol. The summed E-state index contributed by atoms with van der Waals surface area (Å²) >= 11 is 0. The summed E-state index contributed by atoms with van der Waals surface area (Å²) in [5.74, 6) is -0.823. The maximum absolute atomic E-state index is 13.8. The number of anilines is 1. The van der Waals surface area contributed by atoms with Crippen LogP contribution in [0.5, 0.6) is 0 Å². The van der Waals surface area contributed by atoms with Crippen molar-refractivity contribution in [2.75, 3.05) is 32.5 Å². The van der Waals surface area contributed by atoms with Gasteiger partial charge in [-0.05, 0) is 30.2 Å². The molecule has 1 aromatic rings. The average Bonchev–Trinajstić information content (AvgIpc) is 2.39. The van der Waals surface area contributed by atoms with Crippen LogP contribution in [0.25, 0.3) is 0 Å². The van der Waals surface area contributed by atoms with E-state index in [4.69, 9.17) is 10.5 Å². The van der Waals surface area contributed by atoms with Gasteiger partial charge in [0.05, 0.1) is 6.61 Å². The zero-order chi connectivity index (χ0) is 14.8. The molecule has 0 bridgehead atoms. The topological polar surface area (TPSA) is 72.6 Å². The Kier molecular flexibility index (Phi) is 4.42. The van der Waals surface area contributed by atoms with Crippen LogP contribution in [0.3, 0.4) is 0 Å². The number of rotatable bonds is 4. The first kappa shape index (κ1) is 15.0. The van der Waals surface area contributed by atoms with Crippen molar-refractivity contribution in [1.29, 1.82) is 0 Å². The van der Waals surface area contributed by atoms with Gasteiger partial charge in [-0.3, -0.25) is 0 Å². The molecule has 5 nitrogen and oxygen atoms in total. The largest absolute Gasteiger partial charge is 0.399 e. The molecule has 1 aliphatic heterocycles. The van der Waals surface area contributed by atoms with E-state index in [1.54, 1.807) is 13.2 Å². The lowest BCUT2D eigenvalue weighted by Crippen LogP contribution is -2.35. The van der Waals surface area contributed by atoms with Crippen molar-refractivity contribution >= 4 is 15.7 Å². The van der Waals surface area contributed by atoms with E-state index in [1.165, 1.54) is 16.4 Å². The molecule has 0 saturated heterocycles. The fraction of sp³-hybridized carbons (Fsp3) is 0.385. The molecule has 2 rings (SSSR count). The van der Waals surface area contributed by atoms with Gasteiger partial charge >= 0.3 is 0 Å². The summed E-state index contributed by atoms with van der Waals surface area (Å²) in [5.41, 5.74) is 6.68. The lowest BCUT2D eigenvalue weighted by Gasteiger charge is -2.25. The van der Waals surface area contributed by atoms with Gasteiger partial charge in [-0.15, -0.1) is 0 Å². The van der Waals surface area contributed by atoms with Gasteiger partial charge < -0.3 is 10.5 Å². The molecule has 110 valence electrons. The molecule has 1 heterocycles. The van der Waals surface area contributed by atoms with Crippen LogP contribution in [-0.2, 0) is 14.8 Å². The third kappa shape index (κ3) is 3.00. The van der Waals surface area contributed by atoms with Gasteiger partial charge in [-0.1, -0.05) is 6.08 Å². The van der Waals surface area contributed by atoms with E-state index in [0.717, 1.165) is 11.6 Å². The number of ether oxygens (including phenoxy) is 1. The molecule has 0 unspecified atom stereocenters. The number of hydrogen-bond donors (Lipinski definition) is 1. The minimum absolute atomic E-state index is 0.197. The van der Waals surface area contributed by atoms with Crippen LogP contribution in [0.4, 0.5) is 10.1 Å². The molecule has 0 fully saturated rings. The molecule has 7 heteroatoms. The van der Waals surface area contributed by atoms with Crippen molar-refractivity contribution in [1.82, 2.24) is 4.31 Å². The zero-order valence-electron chi connectivity index (χ0n) is 11.2. The highest BCUT2D eigenvalue weighted by Crippen LogP contribution is 2.24. The molecule has 0 saturated carbocycles. The normalized spacial score (nSPS) is 17.0. The highest BCUT2D eigenvalue weighted by atomic mass is 32.2. The van der Waals surface area contributed by atoms with Gasteiger partial charge in [0.15, 0.2) is 0 Å². The molecule has 0 spiro atoms. The summed E-state index contributed by atoms with van der Waals surface area (Å²) in [6.07, 6.45) is 2.39. The van der Waals surface area contributed by atoms with Gasteiger partial charge in [-0.2, -0.15) is 4.31 Å². The smallest absolute Gasteiger partial charge is 0.246 e. The van der Waals surface area contributed by atoms with Crippen LogP contribution in [0.2, 0.25) is 0 Å². The van der Waals surface area contributed by atoms with E-state index in [2.05, 4.69) is 0 Å². The molecule has 0 aliphatic carbocycles. The van der Waals surface area contributed by atoms with E-state index in [1.807, 2.05) is 0 Å². The molecule has 0 atom stereocenters. The maximum atomic E-state index is 13.8. The molecular weight excluding hydrogens is 283 g/mol. The Labute approximate surface area is 117 Å². The Morgan fingerprint density at radius 2 is 2.20 bits per heavy atom. The minimum Gasteiger partial charge on any atom is -0.399 e. The van der Waals surface area contributed by atoms with Crippen LogP contribution < -0.4 is 5.73 Å². The molecule has 0 radical (unpaired) electrons. The third-order valence-corrected chi connectivity index (χ3v) is 5.07. The Morgan fingerprint density at radius 1 is 1.45 bits per heavy atom. The second kappa shape index (κ2) is 5.90. The molecule has 1 aromatic carbocycles. The Bertz CT molecular complexity index is 629. The zero-order valence-corrected chi connectivity index (χ0v) is 12.0. The van der Waals surface area contributed by atoms with E-state index in [9.17, 15) is 12.8 Å². The first-order chi connectivity index (χ1) is 9.45. The fourth-order valence-corrected chi connectivity index (χ4v) is 3.52. The van der Waals surface area contributed by atoms with Gasteiger partial charge in [0.2, 0.25) is 10.0 Å². The van der Waals surface area contributed by atoms with Crippen molar-refractivity contribution in [3.63, 3.8) is 0 Å². The number of nitrogen functional groups attached to an aromatic ring is 1. The Morgan fingerprint density at radius 3 is 2.75 bits per heavy atom. The van der Waals surface area contributed by atoms with Gasteiger partial charge in [0.1, 0.15) is 10.7 Å². The number of benzene rings is 1. The van der Waals surface area contributed by atoms with Crippen LogP contribution in [0.1, 0.15) is 6.42 Å². The third-order valence-electron chi connectivity index (χ3n) is 3.17. The van der Waals surface area contributed by atoms with E-state index >= 15 is 0 Å². The van der Waals surface area contributed by atoms with Crippen molar-refractivity contribution in [2.24, 2.45) is 0 Å². The Hall–Kier alpha value is -1.44. The summed E-state index contributed by atoms with van der Waals surface area (Å²) in [5, 5.41) is 0. The van der Waals surface area contributed by atoms with Crippen LogP contribution in [0.15, 0.2) is 34.7 Å². The minimum atomic E-state index is -3.83. The Balaban J connectivity index is 2.24. The van der Waals surface area contributed by atoms with Gasteiger partial charge in [-0.25, -0.2) is 12.8 Å². The molecular formula is C13H17FN2O3S. The van der Waals surface area contributed by atoms with Crippen LogP contribution in [-0.4, -0.2) is 39.5 Å². The monoisotopic (exact) mass is 300 g/mol. The predicted octanol–water partition coefficient (Wildman–Crippen LogP) is 1.38. The number of nitrogens with zero attached hydrogens (tertiary/aromatic N) is 1. The summed E-state index contributed by atoms with van der Waals surface area (Å²) in [4.78, 5) is -0.338. The van der Waals surface area contributed by atoms with Crippen LogP contribution >= 0.6 is 0 Å². The number of hydrogen-bond acceptors (Lipinski definition) is 4. The number of halogens is 1. The van der Waals surface area contributed by atoms with Crippen molar-refractivity contribution in [2.45, 2.75) is 11.3 Å². The maximum Gasteiger partial charge on any atom is 0.246 e. The molecule has 0 amide bonds. The van der Waals surface area contributed by atoms with Crippen molar-refractivity contribution < 1.29 is 17.5 Å². The quantitative estimate of drug-likeness (QED) is 0.673.